The lowest BCUT2D eigenvalue weighted by Crippen LogP contribution is -2.22. The highest BCUT2D eigenvalue weighted by molar-refractivity contribution is 5.82. The molecule has 2 heterocycles. The first-order chi connectivity index (χ1) is 15.4. The molecule has 2 rings (SSSR count). The highest BCUT2D eigenvalue weighted by atomic mass is 16.5. The molecule has 2 aromatic rings. The molecule has 0 spiro atoms. The zero-order valence-corrected chi connectivity index (χ0v) is 21.0. The van der Waals surface area contributed by atoms with Gasteiger partial charge in [-0.05, 0) is 26.0 Å². The van der Waals surface area contributed by atoms with Crippen molar-refractivity contribution in [2.75, 3.05) is 14.2 Å². The molecule has 0 aliphatic rings. The summed E-state index contributed by atoms with van der Waals surface area (Å²) < 4.78 is 10.3. The lowest BCUT2D eigenvalue weighted by Gasteiger charge is -2.22. The number of carbonyl (C=O) groups excluding carboxylic acids is 2. The minimum atomic E-state index is -0.460. The van der Waals surface area contributed by atoms with Crippen LogP contribution >= 0.6 is 0 Å². The van der Waals surface area contributed by atoms with Gasteiger partial charge in [0.1, 0.15) is 40.3 Å². The molecule has 2 aromatic heterocycles. The molecule has 0 unspecified atom stereocenters. The first-order valence-corrected chi connectivity index (χ1v) is 10.9. The Bertz CT molecular complexity index is 955. The fourth-order valence-corrected chi connectivity index (χ4v) is 2.39. The van der Waals surface area contributed by atoms with Gasteiger partial charge in [0.05, 0.1) is 25.6 Å². The van der Waals surface area contributed by atoms with Crippen molar-refractivity contribution in [2.45, 2.75) is 60.0 Å². The van der Waals surface area contributed by atoms with Gasteiger partial charge in [0.15, 0.2) is 0 Å². The van der Waals surface area contributed by atoms with E-state index in [2.05, 4.69) is 26.5 Å². The molecular formula is C25H36N4O4. The van der Waals surface area contributed by atoms with Crippen molar-refractivity contribution >= 4 is 17.3 Å². The predicted octanol–water partition coefficient (Wildman–Crippen LogP) is 3.99. The number of rotatable bonds is 10. The number of ether oxygens (including phenoxy) is 2. The second-order valence-electron chi connectivity index (χ2n) is 8.65. The summed E-state index contributed by atoms with van der Waals surface area (Å²) in [5.41, 5.74) is 0.948. The number of methoxy groups -OCH3 is 2. The Morgan fingerprint density at radius 3 is 1.85 bits per heavy atom. The number of Topliss-reactive ketones (excluding diaryl/α,β-unsaturated/α-hetero) is 2. The van der Waals surface area contributed by atoms with Crippen LogP contribution in [0.4, 0.5) is 0 Å². The molecule has 33 heavy (non-hydrogen) atoms. The Balaban J connectivity index is 0.000000331. The number of ketones is 2. The molecule has 0 bridgehead atoms. The van der Waals surface area contributed by atoms with E-state index in [-0.39, 0.29) is 36.2 Å². The third-order valence-corrected chi connectivity index (χ3v) is 5.02. The first-order valence-electron chi connectivity index (χ1n) is 10.9. The molecule has 0 amide bonds. The fraction of sp³-hybridized carbons (Fsp3) is 0.520. The van der Waals surface area contributed by atoms with Crippen LogP contribution in [-0.4, -0.2) is 45.7 Å². The molecule has 8 heteroatoms. The van der Waals surface area contributed by atoms with Gasteiger partial charge in [-0.25, -0.2) is 19.9 Å². The van der Waals surface area contributed by atoms with E-state index in [0.717, 1.165) is 5.69 Å². The van der Waals surface area contributed by atoms with Gasteiger partial charge < -0.3 is 9.47 Å². The number of carbonyl (C=O) groups is 2. The second-order valence-corrected chi connectivity index (χ2v) is 8.65. The zero-order chi connectivity index (χ0) is 25.2. The lowest BCUT2D eigenvalue weighted by atomic mass is 10.0. The van der Waals surface area contributed by atoms with Gasteiger partial charge in [-0.3, -0.25) is 9.59 Å². The van der Waals surface area contributed by atoms with Crippen LogP contribution in [0.5, 0.6) is 0 Å². The van der Waals surface area contributed by atoms with Gasteiger partial charge in [0.25, 0.3) is 0 Å². The third kappa shape index (κ3) is 9.18. The van der Waals surface area contributed by atoms with Gasteiger partial charge in [-0.2, -0.15) is 0 Å². The normalized spacial score (nSPS) is 11.1. The minimum Gasteiger partial charge on any atom is -0.495 e. The SMILES string of the molecule is C=C(OC)c1ccnc(CC(=O)C(C)C)n1.COC(C)(C)c1ccnc(CC(=O)C(C)C)n1. The highest BCUT2D eigenvalue weighted by Gasteiger charge is 2.22. The van der Waals surface area contributed by atoms with Gasteiger partial charge in [-0.1, -0.05) is 34.3 Å². The second kappa shape index (κ2) is 12.9. The number of hydrogen-bond acceptors (Lipinski definition) is 8. The van der Waals surface area contributed by atoms with Crippen molar-refractivity contribution in [3.63, 3.8) is 0 Å². The maximum Gasteiger partial charge on any atom is 0.142 e. The fourth-order valence-electron chi connectivity index (χ4n) is 2.39. The molecule has 0 N–H and O–H groups in total. The number of aromatic nitrogens is 4. The van der Waals surface area contributed by atoms with Crippen molar-refractivity contribution in [1.82, 2.24) is 19.9 Å². The number of nitrogens with zero attached hydrogens (tertiary/aromatic N) is 4. The van der Waals surface area contributed by atoms with E-state index in [1.165, 1.54) is 7.11 Å². The summed E-state index contributed by atoms with van der Waals surface area (Å²) >= 11 is 0. The zero-order valence-electron chi connectivity index (χ0n) is 21.0. The van der Waals surface area contributed by atoms with Gasteiger partial charge in [0, 0.05) is 31.3 Å². The van der Waals surface area contributed by atoms with E-state index < -0.39 is 5.60 Å². The van der Waals surface area contributed by atoms with E-state index in [4.69, 9.17) is 9.47 Å². The van der Waals surface area contributed by atoms with Gasteiger partial charge >= 0.3 is 0 Å². The van der Waals surface area contributed by atoms with Crippen LogP contribution in [0.2, 0.25) is 0 Å². The van der Waals surface area contributed by atoms with Crippen LogP contribution in [0.1, 0.15) is 64.6 Å². The third-order valence-electron chi connectivity index (χ3n) is 5.02. The summed E-state index contributed by atoms with van der Waals surface area (Å²) in [6, 6.07) is 3.52. The Hall–Kier alpha value is -3.00. The van der Waals surface area contributed by atoms with E-state index >= 15 is 0 Å². The molecule has 8 nitrogen and oxygen atoms in total. The molecule has 0 atom stereocenters. The average Bonchev–Trinajstić information content (AvgIpc) is 2.79. The van der Waals surface area contributed by atoms with Crippen LogP contribution in [0.25, 0.3) is 5.76 Å². The van der Waals surface area contributed by atoms with Crippen molar-refractivity contribution in [3.8, 4) is 0 Å². The molecule has 180 valence electrons. The minimum absolute atomic E-state index is 0.00196. The van der Waals surface area contributed by atoms with E-state index in [1.807, 2.05) is 47.6 Å². The maximum absolute atomic E-state index is 11.6. The molecule has 0 saturated heterocycles. The van der Waals surface area contributed by atoms with Crippen LogP contribution in [0.3, 0.4) is 0 Å². The first kappa shape index (κ1) is 28.0. The van der Waals surface area contributed by atoms with Crippen LogP contribution in [-0.2, 0) is 37.5 Å². The largest absolute Gasteiger partial charge is 0.495 e. The summed E-state index contributed by atoms with van der Waals surface area (Å²) in [6.07, 6.45) is 3.81. The number of hydrogen-bond donors (Lipinski definition) is 0. The predicted molar refractivity (Wildman–Crippen MR) is 127 cm³/mol. The Morgan fingerprint density at radius 1 is 0.909 bits per heavy atom. The molecular weight excluding hydrogens is 420 g/mol. The van der Waals surface area contributed by atoms with Gasteiger partial charge in [0.2, 0.25) is 0 Å². The smallest absolute Gasteiger partial charge is 0.142 e. The van der Waals surface area contributed by atoms with Crippen molar-refractivity contribution in [1.29, 1.82) is 0 Å². The van der Waals surface area contributed by atoms with E-state index in [1.54, 1.807) is 25.6 Å². The summed E-state index contributed by atoms with van der Waals surface area (Å²) in [5, 5.41) is 0. The average molecular weight is 457 g/mol. The van der Waals surface area contributed by atoms with E-state index in [9.17, 15) is 9.59 Å². The van der Waals surface area contributed by atoms with Gasteiger partial charge in [-0.15, -0.1) is 0 Å². The topological polar surface area (TPSA) is 104 Å². The van der Waals surface area contributed by atoms with Crippen LogP contribution < -0.4 is 0 Å². The standard InChI is InChI=1S/C13H20N2O2.C12H16N2O2/c1-9(2)10(16)8-12-14-7-6-11(15-12)13(3,4)17-5;1-8(2)11(15)7-12-13-6-5-10(14-12)9(3)16-4/h6-7,9H,8H2,1-5H3;5-6,8H,3,7H2,1-2,4H3. The lowest BCUT2D eigenvalue weighted by molar-refractivity contribution is -0.122. The Kier molecular flexibility index (Phi) is 10.9. The Labute approximate surface area is 196 Å². The molecule has 0 saturated carbocycles. The summed E-state index contributed by atoms with van der Waals surface area (Å²) in [6.45, 7) is 15.1. The van der Waals surface area contributed by atoms with Crippen LogP contribution in [0.15, 0.2) is 31.1 Å². The Morgan fingerprint density at radius 2 is 1.39 bits per heavy atom. The summed E-state index contributed by atoms with van der Waals surface area (Å²) in [4.78, 5) is 39.9. The maximum atomic E-state index is 11.6. The molecule has 0 fully saturated rings. The quantitative estimate of drug-likeness (QED) is 0.494. The monoisotopic (exact) mass is 456 g/mol. The van der Waals surface area contributed by atoms with Crippen molar-refractivity contribution in [2.24, 2.45) is 11.8 Å². The molecule has 0 aliphatic carbocycles. The molecule has 0 radical (unpaired) electrons. The molecule has 0 aliphatic heterocycles. The highest BCUT2D eigenvalue weighted by Crippen LogP contribution is 2.21. The molecule has 0 aromatic carbocycles. The van der Waals surface area contributed by atoms with E-state index in [0.29, 0.717) is 23.1 Å². The summed E-state index contributed by atoms with van der Waals surface area (Å²) in [5.74, 6) is 1.83. The van der Waals surface area contributed by atoms with Crippen molar-refractivity contribution in [3.05, 3.63) is 54.1 Å². The van der Waals surface area contributed by atoms with Crippen LogP contribution in [0, 0.1) is 11.8 Å². The van der Waals surface area contributed by atoms with Crippen molar-refractivity contribution < 1.29 is 19.1 Å². The summed E-state index contributed by atoms with van der Waals surface area (Å²) in [7, 11) is 3.17.